The Morgan fingerprint density at radius 3 is 2.27 bits per heavy atom. The fourth-order valence-electron chi connectivity index (χ4n) is 2.30. The second kappa shape index (κ2) is 7.14. The van der Waals surface area contributed by atoms with Crippen LogP contribution < -0.4 is 10.6 Å². The van der Waals surface area contributed by atoms with Crippen LogP contribution in [0.3, 0.4) is 0 Å². The molecular weight excluding hydrogens is 349 g/mol. The van der Waals surface area contributed by atoms with Crippen molar-refractivity contribution in [2.75, 3.05) is 0 Å². The Kier molecular flexibility index (Phi) is 4.92. The van der Waals surface area contributed by atoms with Gasteiger partial charge in [0.2, 0.25) is 0 Å². The van der Waals surface area contributed by atoms with Crippen molar-refractivity contribution >= 4 is 0 Å². The monoisotopic (exact) mass is 364 g/mol. The van der Waals surface area contributed by atoms with Gasteiger partial charge in [0, 0.05) is 5.56 Å². The Morgan fingerprint density at radius 2 is 1.69 bits per heavy atom. The number of rotatable bonds is 5. The molecule has 1 atom stereocenters. The van der Waals surface area contributed by atoms with Crippen LogP contribution in [-0.2, 0) is 4.84 Å². The van der Waals surface area contributed by atoms with Gasteiger partial charge >= 0.3 is 6.36 Å². The van der Waals surface area contributed by atoms with Crippen molar-refractivity contribution in [2.45, 2.75) is 19.4 Å². The molecule has 2 aromatic carbocycles. The third-order valence-corrected chi connectivity index (χ3v) is 3.67. The van der Waals surface area contributed by atoms with Gasteiger partial charge in [-0.2, -0.15) is 0 Å². The average Bonchev–Trinajstić information content (AvgIpc) is 3.10. The Morgan fingerprint density at radius 1 is 1.04 bits per heavy atom. The van der Waals surface area contributed by atoms with Gasteiger partial charge < -0.3 is 4.74 Å². The summed E-state index contributed by atoms with van der Waals surface area (Å²) in [6.07, 6.45) is -3.47. The molecule has 0 aliphatic carbocycles. The molecule has 2 N–H and O–H groups in total. The summed E-state index contributed by atoms with van der Waals surface area (Å²) in [5.74, 6) is 5.35. The van der Waals surface area contributed by atoms with Crippen molar-refractivity contribution in [1.82, 2.24) is 14.8 Å². The molecule has 0 saturated heterocycles. The lowest BCUT2D eigenvalue weighted by atomic mass is 10.1. The normalized spacial score (nSPS) is 12.8. The van der Waals surface area contributed by atoms with E-state index in [4.69, 9.17) is 10.7 Å². The van der Waals surface area contributed by atoms with E-state index < -0.39 is 6.36 Å². The van der Waals surface area contributed by atoms with E-state index in [-0.39, 0.29) is 11.9 Å². The lowest BCUT2D eigenvalue weighted by Crippen LogP contribution is -2.17. The Hall–Kier alpha value is -2.91. The summed E-state index contributed by atoms with van der Waals surface area (Å²) in [6, 6.07) is 12.7. The molecule has 0 fully saturated rings. The van der Waals surface area contributed by atoms with Crippen molar-refractivity contribution in [1.29, 1.82) is 0 Å². The van der Waals surface area contributed by atoms with E-state index in [0.717, 1.165) is 11.1 Å². The van der Waals surface area contributed by atoms with E-state index in [9.17, 15) is 13.2 Å². The molecule has 0 spiro atoms. The topological polar surface area (TPSA) is 75.2 Å². The van der Waals surface area contributed by atoms with E-state index in [1.807, 2.05) is 31.2 Å². The third-order valence-electron chi connectivity index (χ3n) is 3.67. The highest BCUT2D eigenvalue weighted by atomic mass is 19.4. The first-order valence-corrected chi connectivity index (χ1v) is 7.59. The van der Waals surface area contributed by atoms with Gasteiger partial charge in [-0.25, -0.2) is 15.6 Å². The number of ether oxygens (including phenoxy) is 1. The van der Waals surface area contributed by atoms with Crippen molar-refractivity contribution in [2.24, 2.45) is 5.90 Å². The maximum atomic E-state index is 12.2. The first-order chi connectivity index (χ1) is 12.4. The minimum atomic E-state index is -4.72. The van der Waals surface area contributed by atoms with E-state index in [0.29, 0.717) is 11.5 Å². The summed E-state index contributed by atoms with van der Waals surface area (Å²) in [6.45, 7) is 1.83. The van der Waals surface area contributed by atoms with Gasteiger partial charge in [0.05, 0.1) is 5.69 Å². The standard InChI is InChI=1S/C17H15F3N4O2/c1-11(26-21)12-2-4-13(5-3-12)16-22-10-24(23-16)14-6-8-15(9-7-14)25-17(18,19)20/h2-11H,21H2,1H3. The molecule has 6 nitrogen and oxygen atoms in total. The zero-order valence-corrected chi connectivity index (χ0v) is 13.6. The highest BCUT2D eigenvalue weighted by molar-refractivity contribution is 5.55. The van der Waals surface area contributed by atoms with E-state index in [1.54, 1.807) is 0 Å². The minimum Gasteiger partial charge on any atom is -0.406 e. The predicted molar refractivity (Wildman–Crippen MR) is 87.2 cm³/mol. The fraction of sp³-hybridized carbons (Fsp3) is 0.176. The second-order valence-electron chi connectivity index (χ2n) is 5.45. The highest BCUT2D eigenvalue weighted by Gasteiger charge is 2.30. The van der Waals surface area contributed by atoms with Crippen LogP contribution in [0.4, 0.5) is 13.2 Å². The molecule has 0 amide bonds. The molecule has 1 heterocycles. The summed E-state index contributed by atoms with van der Waals surface area (Å²) in [5, 5.41) is 4.34. The van der Waals surface area contributed by atoms with Crippen molar-refractivity contribution in [3.63, 3.8) is 0 Å². The van der Waals surface area contributed by atoms with Crippen LogP contribution in [0.1, 0.15) is 18.6 Å². The van der Waals surface area contributed by atoms with E-state index in [2.05, 4.69) is 14.8 Å². The third kappa shape index (κ3) is 4.19. The quantitative estimate of drug-likeness (QED) is 0.697. The Balaban J connectivity index is 1.77. The molecule has 1 unspecified atom stereocenters. The van der Waals surface area contributed by atoms with Crippen LogP contribution >= 0.6 is 0 Å². The van der Waals surface area contributed by atoms with Crippen molar-refractivity contribution < 1.29 is 22.7 Å². The van der Waals surface area contributed by atoms with Gasteiger partial charge in [0.1, 0.15) is 18.2 Å². The maximum Gasteiger partial charge on any atom is 0.573 e. The summed E-state index contributed by atoms with van der Waals surface area (Å²) < 4.78 is 41.9. The number of aromatic nitrogens is 3. The molecule has 0 radical (unpaired) electrons. The first kappa shape index (κ1) is 17.9. The van der Waals surface area contributed by atoms with Crippen LogP contribution in [0, 0.1) is 0 Å². The van der Waals surface area contributed by atoms with Crippen molar-refractivity contribution in [3.05, 3.63) is 60.4 Å². The summed E-state index contributed by atoms with van der Waals surface area (Å²) in [4.78, 5) is 8.99. The molecule has 136 valence electrons. The molecule has 0 aliphatic heterocycles. The molecule has 1 aromatic heterocycles. The van der Waals surface area contributed by atoms with Gasteiger partial charge in [-0.15, -0.1) is 18.3 Å². The Bertz CT molecular complexity index is 861. The van der Waals surface area contributed by atoms with Crippen LogP contribution in [0.25, 0.3) is 17.1 Å². The van der Waals surface area contributed by atoms with Crippen LogP contribution in [0.2, 0.25) is 0 Å². The molecule has 26 heavy (non-hydrogen) atoms. The first-order valence-electron chi connectivity index (χ1n) is 7.59. The molecule has 3 aromatic rings. The lowest BCUT2D eigenvalue weighted by molar-refractivity contribution is -0.274. The molecule has 9 heteroatoms. The maximum absolute atomic E-state index is 12.2. The largest absolute Gasteiger partial charge is 0.573 e. The smallest absolute Gasteiger partial charge is 0.406 e. The summed E-state index contributed by atoms with van der Waals surface area (Å²) in [5.41, 5.74) is 2.25. The summed E-state index contributed by atoms with van der Waals surface area (Å²) in [7, 11) is 0. The molecule has 0 aliphatic rings. The number of alkyl halides is 3. The number of hydrogen-bond donors (Lipinski definition) is 1. The number of nitrogens with two attached hydrogens (primary N) is 1. The van der Waals surface area contributed by atoms with Gasteiger partial charge in [0.15, 0.2) is 5.82 Å². The van der Waals surface area contributed by atoms with Gasteiger partial charge in [-0.05, 0) is 36.8 Å². The molecule has 3 rings (SSSR count). The van der Waals surface area contributed by atoms with Crippen molar-refractivity contribution in [3.8, 4) is 22.8 Å². The molecule has 0 bridgehead atoms. The highest BCUT2D eigenvalue weighted by Crippen LogP contribution is 2.24. The van der Waals surface area contributed by atoms with E-state index >= 15 is 0 Å². The van der Waals surface area contributed by atoms with Gasteiger partial charge in [0.25, 0.3) is 0 Å². The number of halogens is 3. The lowest BCUT2D eigenvalue weighted by Gasteiger charge is -2.09. The number of hydrogen-bond acceptors (Lipinski definition) is 5. The van der Waals surface area contributed by atoms with Gasteiger partial charge in [-0.1, -0.05) is 24.3 Å². The average molecular weight is 364 g/mol. The number of benzene rings is 2. The number of nitrogens with zero attached hydrogens (tertiary/aromatic N) is 3. The zero-order chi connectivity index (χ0) is 18.7. The molecular formula is C17H15F3N4O2. The fourth-order valence-corrected chi connectivity index (χ4v) is 2.30. The summed E-state index contributed by atoms with van der Waals surface area (Å²) >= 11 is 0. The van der Waals surface area contributed by atoms with Crippen LogP contribution in [0.5, 0.6) is 5.75 Å². The minimum absolute atomic E-state index is 0.230. The van der Waals surface area contributed by atoms with Gasteiger partial charge in [-0.3, -0.25) is 4.84 Å². The zero-order valence-electron chi connectivity index (χ0n) is 13.6. The van der Waals surface area contributed by atoms with Crippen LogP contribution in [-0.4, -0.2) is 21.1 Å². The van der Waals surface area contributed by atoms with Crippen LogP contribution in [0.15, 0.2) is 54.9 Å². The SMILES string of the molecule is CC(ON)c1ccc(-c2ncn(-c3ccc(OC(F)(F)F)cc3)n2)cc1. The second-order valence-corrected chi connectivity index (χ2v) is 5.45. The Labute approximate surface area is 146 Å². The molecule has 0 saturated carbocycles. The van der Waals surface area contributed by atoms with E-state index in [1.165, 1.54) is 35.3 Å². The predicted octanol–water partition coefficient (Wildman–Crippen LogP) is 3.78.